The van der Waals surface area contributed by atoms with E-state index >= 15 is 0 Å². The van der Waals surface area contributed by atoms with Crippen LogP contribution in [0.15, 0.2) is 0 Å². The van der Waals surface area contributed by atoms with Gasteiger partial charge in [-0.3, -0.25) is 0 Å². The fourth-order valence-corrected chi connectivity index (χ4v) is 3.16. The molecule has 0 saturated heterocycles. The molecule has 1 aromatic heterocycles. The maximum absolute atomic E-state index is 5.37. The number of hydrogen-bond acceptors (Lipinski definition) is 4. The van der Waals surface area contributed by atoms with Crippen LogP contribution in [0.3, 0.4) is 0 Å². The first-order valence-electron chi connectivity index (χ1n) is 6.17. The predicted octanol–water partition coefficient (Wildman–Crippen LogP) is 3.23. The van der Waals surface area contributed by atoms with E-state index in [1.165, 1.54) is 37.2 Å². The summed E-state index contributed by atoms with van der Waals surface area (Å²) < 4.78 is 9.61. The molecule has 1 heterocycles. The fraction of sp³-hybridized carbons (Fsp3) is 0.692. The highest BCUT2D eigenvalue weighted by molar-refractivity contribution is 7.05. The van der Waals surface area contributed by atoms with Crippen molar-refractivity contribution in [3.63, 3.8) is 0 Å². The number of hydrogen-bond donors (Lipinski definition) is 0. The minimum atomic E-state index is 0.382. The summed E-state index contributed by atoms with van der Waals surface area (Å²) in [5, 5.41) is 1.14. The second kappa shape index (κ2) is 6.02. The van der Waals surface area contributed by atoms with Crippen LogP contribution in [-0.4, -0.2) is 16.0 Å². The molecule has 1 fully saturated rings. The van der Waals surface area contributed by atoms with E-state index in [1.807, 2.05) is 0 Å². The average Bonchev–Trinajstić information content (AvgIpc) is 2.79. The Hall–Kier alpha value is -1.08. The van der Waals surface area contributed by atoms with Gasteiger partial charge in [-0.15, -0.1) is 10.3 Å². The molecule has 0 spiro atoms. The summed E-state index contributed by atoms with van der Waals surface area (Å²) >= 11 is 1.48. The van der Waals surface area contributed by atoms with Crippen LogP contribution >= 0.6 is 11.5 Å². The van der Waals surface area contributed by atoms with Crippen LogP contribution in [0, 0.1) is 17.8 Å². The largest absolute Gasteiger partial charge is 0.450 e. The van der Waals surface area contributed by atoms with Gasteiger partial charge in [-0.25, -0.2) is 0 Å². The highest BCUT2D eigenvalue weighted by atomic mass is 32.1. The van der Waals surface area contributed by atoms with Gasteiger partial charge in [-0.1, -0.05) is 32.1 Å². The molecule has 0 aliphatic heterocycles. The number of rotatable bonds is 3. The van der Waals surface area contributed by atoms with Crippen LogP contribution in [0.1, 0.15) is 50.5 Å². The van der Waals surface area contributed by atoms with Gasteiger partial charge in [0.2, 0.25) is 0 Å². The minimum absolute atomic E-state index is 0.382. The first kappa shape index (κ1) is 12.4. The van der Waals surface area contributed by atoms with Gasteiger partial charge >= 0.3 is 6.01 Å². The SMILES string of the molecule is CC#CCOc1nsc(C2CCCCC2C)n1. The average molecular weight is 250 g/mol. The van der Waals surface area contributed by atoms with E-state index in [0.717, 1.165) is 10.9 Å². The van der Waals surface area contributed by atoms with Crippen molar-refractivity contribution < 1.29 is 4.74 Å². The lowest BCUT2D eigenvalue weighted by Gasteiger charge is -2.26. The molecule has 0 bridgehead atoms. The zero-order chi connectivity index (χ0) is 12.1. The van der Waals surface area contributed by atoms with Gasteiger partial charge < -0.3 is 4.74 Å². The smallest absolute Gasteiger partial charge is 0.329 e. The first-order chi connectivity index (χ1) is 8.31. The molecule has 1 saturated carbocycles. The highest BCUT2D eigenvalue weighted by Gasteiger charge is 2.26. The Morgan fingerprint density at radius 3 is 3.00 bits per heavy atom. The Kier molecular flexibility index (Phi) is 4.38. The number of ether oxygens (including phenoxy) is 1. The Morgan fingerprint density at radius 2 is 2.24 bits per heavy atom. The Bertz CT molecular complexity index is 419. The van der Waals surface area contributed by atoms with Crippen molar-refractivity contribution in [1.29, 1.82) is 0 Å². The van der Waals surface area contributed by atoms with Crippen molar-refractivity contribution in [3.8, 4) is 17.9 Å². The number of aromatic nitrogens is 2. The van der Waals surface area contributed by atoms with Crippen LogP contribution < -0.4 is 4.74 Å². The molecule has 2 rings (SSSR count). The standard InChI is InChI=1S/C13H18N2OS/c1-3-4-9-16-13-14-12(17-15-13)11-8-6-5-7-10(11)2/h10-11H,5-9H2,1-2H3. The second-order valence-electron chi connectivity index (χ2n) is 4.50. The molecule has 0 amide bonds. The molecular weight excluding hydrogens is 232 g/mol. The molecule has 0 radical (unpaired) electrons. The van der Waals surface area contributed by atoms with Crippen molar-refractivity contribution >= 4 is 11.5 Å². The maximum Gasteiger partial charge on any atom is 0.329 e. The molecule has 1 aliphatic carbocycles. The lowest BCUT2D eigenvalue weighted by Crippen LogP contribution is -2.14. The summed E-state index contributed by atoms with van der Waals surface area (Å²) in [4.78, 5) is 4.47. The topological polar surface area (TPSA) is 35.0 Å². The summed E-state index contributed by atoms with van der Waals surface area (Å²) in [6.45, 7) is 4.49. The molecular formula is C13H18N2OS. The van der Waals surface area contributed by atoms with E-state index in [1.54, 1.807) is 6.92 Å². The van der Waals surface area contributed by atoms with Crippen molar-refractivity contribution in [2.75, 3.05) is 6.61 Å². The van der Waals surface area contributed by atoms with E-state index in [4.69, 9.17) is 4.74 Å². The summed E-state index contributed by atoms with van der Waals surface area (Å²) in [5.41, 5.74) is 0. The van der Waals surface area contributed by atoms with Crippen molar-refractivity contribution in [2.45, 2.75) is 45.4 Å². The third kappa shape index (κ3) is 3.19. The van der Waals surface area contributed by atoms with Gasteiger partial charge in [0.25, 0.3) is 0 Å². The Morgan fingerprint density at radius 1 is 1.41 bits per heavy atom. The lowest BCUT2D eigenvalue weighted by atomic mass is 9.81. The monoisotopic (exact) mass is 250 g/mol. The van der Waals surface area contributed by atoms with Gasteiger partial charge in [-0.05, 0) is 30.8 Å². The zero-order valence-electron chi connectivity index (χ0n) is 10.4. The lowest BCUT2D eigenvalue weighted by molar-refractivity contribution is 0.320. The molecule has 1 aromatic rings. The van der Waals surface area contributed by atoms with Crippen LogP contribution in [-0.2, 0) is 0 Å². The summed E-state index contributed by atoms with van der Waals surface area (Å²) in [5.74, 6) is 6.94. The molecule has 1 aliphatic rings. The van der Waals surface area contributed by atoms with Crippen molar-refractivity contribution in [3.05, 3.63) is 5.01 Å². The molecule has 3 nitrogen and oxygen atoms in total. The molecule has 2 atom stereocenters. The Labute approximate surface area is 107 Å². The quantitative estimate of drug-likeness (QED) is 0.772. The predicted molar refractivity (Wildman–Crippen MR) is 69.2 cm³/mol. The van der Waals surface area contributed by atoms with Crippen molar-refractivity contribution in [1.82, 2.24) is 9.36 Å². The normalized spacial score (nSPS) is 23.9. The second-order valence-corrected chi connectivity index (χ2v) is 5.28. The minimum Gasteiger partial charge on any atom is -0.450 e. The van der Waals surface area contributed by atoms with E-state index < -0.39 is 0 Å². The van der Waals surface area contributed by atoms with Crippen molar-refractivity contribution in [2.24, 2.45) is 5.92 Å². The molecule has 0 aromatic carbocycles. The summed E-state index contributed by atoms with van der Waals surface area (Å²) in [6.07, 6.45) is 5.21. The molecule has 2 unspecified atom stereocenters. The first-order valence-corrected chi connectivity index (χ1v) is 6.94. The fourth-order valence-electron chi connectivity index (χ4n) is 2.29. The van der Waals surface area contributed by atoms with Crippen LogP contribution in [0.25, 0.3) is 0 Å². The van der Waals surface area contributed by atoms with Gasteiger partial charge in [0, 0.05) is 5.92 Å². The van der Waals surface area contributed by atoms with E-state index in [-0.39, 0.29) is 0 Å². The van der Waals surface area contributed by atoms with Gasteiger partial charge in [0.05, 0.1) is 0 Å². The van der Waals surface area contributed by atoms with Crippen LogP contribution in [0.2, 0.25) is 0 Å². The maximum atomic E-state index is 5.37. The Balaban J connectivity index is 1.98. The van der Waals surface area contributed by atoms with Crippen LogP contribution in [0.4, 0.5) is 0 Å². The molecule has 92 valence electrons. The summed E-state index contributed by atoms with van der Waals surface area (Å²) in [6, 6.07) is 0.491. The number of nitrogens with zero attached hydrogens (tertiary/aromatic N) is 2. The molecule has 0 N–H and O–H groups in total. The highest BCUT2D eigenvalue weighted by Crippen LogP contribution is 2.38. The van der Waals surface area contributed by atoms with Crippen LogP contribution in [0.5, 0.6) is 6.01 Å². The van der Waals surface area contributed by atoms with Gasteiger partial charge in [0.15, 0.2) is 6.61 Å². The van der Waals surface area contributed by atoms with Gasteiger partial charge in [0.1, 0.15) is 5.01 Å². The third-order valence-electron chi connectivity index (χ3n) is 3.30. The molecule has 17 heavy (non-hydrogen) atoms. The third-order valence-corrected chi connectivity index (χ3v) is 4.13. The van der Waals surface area contributed by atoms with Gasteiger partial charge in [-0.2, -0.15) is 4.98 Å². The van der Waals surface area contributed by atoms with E-state index in [9.17, 15) is 0 Å². The van der Waals surface area contributed by atoms with E-state index in [2.05, 4.69) is 28.1 Å². The zero-order valence-corrected chi connectivity index (χ0v) is 11.2. The molecule has 4 heteroatoms. The summed E-state index contributed by atoms with van der Waals surface area (Å²) in [7, 11) is 0. The van der Waals surface area contributed by atoms with E-state index in [0.29, 0.717) is 18.5 Å².